The number of fused-ring (bicyclic) bond motifs is 1. The molecule has 1 aromatic heterocycles. The summed E-state index contributed by atoms with van der Waals surface area (Å²) >= 11 is 0. The first-order chi connectivity index (χ1) is 14.3. The fraction of sp³-hybridized carbons (Fsp3) is 0.160. The standard InChI is InChI=1S/C25H24N2O2/c1-29-24-14-8-5-11-19(24)15-25(28)27-16-21(18-9-3-2-4-10-18)22-17-26-23-13-7-6-12-20(22)23/h2-14,17,21,26H,15-16H2,1H3,(H,27,28). The van der Waals surface area contributed by atoms with Crippen LogP contribution >= 0.6 is 0 Å². The van der Waals surface area contributed by atoms with E-state index >= 15 is 0 Å². The molecule has 2 N–H and O–H groups in total. The number of H-pyrrole nitrogens is 1. The minimum absolute atomic E-state index is 0.0183. The second kappa shape index (κ2) is 8.65. The molecule has 1 amide bonds. The predicted octanol–water partition coefficient (Wildman–Crippen LogP) is 4.67. The summed E-state index contributed by atoms with van der Waals surface area (Å²) in [6.45, 7) is 0.528. The van der Waals surface area contributed by atoms with Crippen LogP contribution in [0.25, 0.3) is 10.9 Å². The van der Waals surface area contributed by atoms with E-state index in [2.05, 4.69) is 40.8 Å². The second-order valence-electron chi connectivity index (χ2n) is 7.05. The molecule has 0 aliphatic rings. The van der Waals surface area contributed by atoms with Crippen molar-refractivity contribution >= 4 is 16.8 Å². The van der Waals surface area contributed by atoms with E-state index in [1.165, 1.54) is 16.5 Å². The number of hydrogen-bond donors (Lipinski definition) is 2. The first-order valence-electron chi connectivity index (χ1n) is 9.76. The van der Waals surface area contributed by atoms with Gasteiger partial charge in [0.15, 0.2) is 0 Å². The largest absolute Gasteiger partial charge is 0.496 e. The van der Waals surface area contributed by atoms with E-state index in [0.29, 0.717) is 13.0 Å². The summed E-state index contributed by atoms with van der Waals surface area (Å²) in [4.78, 5) is 16.0. The lowest BCUT2D eigenvalue weighted by Gasteiger charge is -2.18. The highest BCUT2D eigenvalue weighted by molar-refractivity contribution is 5.84. The number of carbonyl (C=O) groups excluding carboxylic acids is 1. The monoisotopic (exact) mass is 384 g/mol. The second-order valence-corrected chi connectivity index (χ2v) is 7.05. The summed E-state index contributed by atoms with van der Waals surface area (Å²) in [5.74, 6) is 0.781. The van der Waals surface area contributed by atoms with Gasteiger partial charge in [0, 0.05) is 35.1 Å². The van der Waals surface area contributed by atoms with Crippen molar-refractivity contribution in [3.05, 3.63) is 102 Å². The Morgan fingerprint density at radius 3 is 2.52 bits per heavy atom. The van der Waals surface area contributed by atoms with E-state index in [9.17, 15) is 4.79 Å². The average molecular weight is 384 g/mol. The highest BCUT2D eigenvalue weighted by atomic mass is 16.5. The van der Waals surface area contributed by atoms with Crippen LogP contribution in [0.3, 0.4) is 0 Å². The third-order valence-electron chi connectivity index (χ3n) is 5.25. The summed E-state index contributed by atoms with van der Waals surface area (Å²) < 4.78 is 5.36. The molecule has 0 radical (unpaired) electrons. The molecule has 0 saturated carbocycles. The zero-order valence-corrected chi connectivity index (χ0v) is 16.4. The summed E-state index contributed by atoms with van der Waals surface area (Å²) in [6.07, 6.45) is 2.34. The van der Waals surface area contributed by atoms with Crippen LogP contribution < -0.4 is 10.1 Å². The minimum atomic E-state index is -0.0183. The Balaban J connectivity index is 1.56. The lowest BCUT2D eigenvalue weighted by Crippen LogP contribution is -2.30. The number of aromatic nitrogens is 1. The Labute approximate surface area is 170 Å². The van der Waals surface area contributed by atoms with Crippen LogP contribution in [0.2, 0.25) is 0 Å². The number of para-hydroxylation sites is 2. The Kier molecular flexibility index (Phi) is 5.61. The van der Waals surface area contributed by atoms with Crippen molar-refractivity contribution in [1.82, 2.24) is 10.3 Å². The van der Waals surface area contributed by atoms with Gasteiger partial charge in [0.05, 0.1) is 13.5 Å². The van der Waals surface area contributed by atoms with Crippen LogP contribution in [-0.4, -0.2) is 24.5 Å². The molecule has 146 valence electrons. The Morgan fingerprint density at radius 2 is 1.69 bits per heavy atom. The van der Waals surface area contributed by atoms with Crippen LogP contribution in [0.5, 0.6) is 5.75 Å². The van der Waals surface area contributed by atoms with Gasteiger partial charge in [0.1, 0.15) is 5.75 Å². The maximum Gasteiger partial charge on any atom is 0.224 e. The van der Waals surface area contributed by atoms with Gasteiger partial charge in [-0.1, -0.05) is 66.7 Å². The number of ether oxygens (including phenoxy) is 1. The van der Waals surface area contributed by atoms with Gasteiger partial charge < -0.3 is 15.0 Å². The molecule has 29 heavy (non-hydrogen) atoms. The minimum Gasteiger partial charge on any atom is -0.496 e. The van der Waals surface area contributed by atoms with E-state index in [1.807, 2.05) is 54.6 Å². The van der Waals surface area contributed by atoms with E-state index in [1.54, 1.807) is 7.11 Å². The molecule has 1 unspecified atom stereocenters. The first kappa shape index (κ1) is 18.8. The van der Waals surface area contributed by atoms with Crippen LogP contribution in [-0.2, 0) is 11.2 Å². The van der Waals surface area contributed by atoms with E-state index < -0.39 is 0 Å². The number of amides is 1. The quantitative estimate of drug-likeness (QED) is 0.487. The molecule has 0 spiro atoms. The molecule has 0 aliphatic carbocycles. The molecule has 0 fully saturated rings. The highest BCUT2D eigenvalue weighted by Crippen LogP contribution is 2.30. The molecule has 3 aromatic carbocycles. The molecule has 1 heterocycles. The Hall–Kier alpha value is -3.53. The Morgan fingerprint density at radius 1 is 0.966 bits per heavy atom. The van der Waals surface area contributed by atoms with Gasteiger partial charge >= 0.3 is 0 Å². The summed E-state index contributed by atoms with van der Waals surface area (Å²) in [5, 5.41) is 4.31. The topological polar surface area (TPSA) is 54.1 Å². The molecule has 1 atom stereocenters. The first-order valence-corrected chi connectivity index (χ1v) is 9.76. The number of nitrogens with one attached hydrogen (secondary N) is 2. The SMILES string of the molecule is COc1ccccc1CC(=O)NCC(c1ccccc1)c1c[nH]c2ccccc12. The number of aromatic amines is 1. The van der Waals surface area contributed by atoms with Gasteiger partial charge in [-0.25, -0.2) is 0 Å². The number of rotatable bonds is 7. The number of carbonyl (C=O) groups is 1. The van der Waals surface area contributed by atoms with Gasteiger partial charge in [-0.15, -0.1) is 0 Å². The van der Waals surface area contributed by atoms with Crippen LogP contribution in [0.4, 0.5) is 0 Å². The van der Waals surface area contributed by atoms with Crippen molar-refractivity contribution < 1.29 is 9.53 Å². The smallest absolute Gasteiger partial charge is 0.224 e. The van der Waals surface area contributed by atoms with Crippen molar-refractivity contribution in [2.24, 2.45) is 0 Å². The van der Waals surface area contributed by atoms with Gasteiger partial charge in [0.2, 0.25) is 5.91 Å². The molecule has 0 saturated heterocycles. The van der Waals surface area contributed by atoms with Crippen LogP contribution in [0.1, 0.15) is 22.6 Å². The van der Waals surface area contributed by atoms with Gasteiger partial charge in [-0.05, 0) is 23.3 Å². The fourth-order valence-electron chi connectivity index (χ4n) is 3.78. The normalized spacial score (nSPS) is 11.9. The zero-order chi connectivity index (χ0) is 20.1. The predicted molar refractivity (Wildman–Crippen MR) is 116 cm³/mol. The Bertz CT molecular complexity index is 1100. The molecule has 0 bridgehead atoms. The van der Waals surface area contributed by atoms with E-state index in [4.69, 9.17) is 4.74 Å². The number of methoxy groups -OCH3 is 1. The highest BCUT2D eigenvalue weighted by Gasteiger charge is 2.19. The average Bonchev–Trinajstić information content (AvgIpc) is 3.19. The van der Waals surface area contributed by atoms with Crippen LogP contribution in [0, 0.1) is 0 Å². The molecule has 0 aliphatic heterocycles. The molecule has 4 aromatic rings. The maximum atomic E-state index is 12.7. The van der Waals surface area contributed by atoms with Crippen LogP contribution in [0.15, 0.2) is 85.1 Å². The molecule has 4 rings (SSSR count). The van der Waals surface area contributed by atoms with Gasteiger partial charge in [0.25, 0.3) is 0 Å². The third-order valence-corrected chi connectivity index (χ3v) is 5.25. The summed E-state index contributed by atoms with van der Waals surface area (Å²) in [7, 11) is 1.62. The number of benzene rings is 3. The lowest BCUT2D eigenvalue weighted by molar-refractivity contribution is -0.120. The van der Waals surface area contributed by atoms with Crippen molar-refractivity contribution in [3.8, 4) is 5.75 Å². The maximum absolute atomic E-state index is 12.7. The van der Waals surface area contributed by atoms with Gasteiger partial charge in [-0.3, -0.25) is 4.79 Å². The van der Waals surface area contributed by atoms with Gasteiger partial charge in [-0.2, -0.15) is 0 Å². The van der Waals surface area contributed by atoms with Crippen molar-refractivity contribution in [3.63, 3.8) is 0 Å². The zero-order valence-electron chi connectivity index (χ0n) is 16.4. The lowest BCUT2D eigenvalue weighted by atomic mass is 9.91. The third kappa shape index (κ3) is 4.16. The summed E-state index contributed by atoms with van der Waals surface area (Å²) in [6, 6.07) is 26.2. The molecule has 4 heteroatoms. The van der Waals surface area contributed by atoms with E-state index in [0.717, 1.165) is 16.8 Å². The molecular formula is C25H24N2O2. The fourth-order valence-corrected chi connectivity index (χ4v) is 3.78. The van der Waals surface area contributed by atoms with Crippen molar-refractivity contribution in [2.45, 2.75) is 12.3 Å². The molecular weight excluding hydrogens is 360 g/mol. The summed E-state index contributed by atoms with van der Waals surface area (Å²) in [5.41, 5.74) is 4.35. The van der Waals surface area contributed by atoms with E-state index in [-0.39, 0.29) is 11.8 Å². The van der Waals surface area contributed by atoms with Crippen molar-refractivity contribution in [2.75, 3.05) is 13.7 Å². The number of hydrogen-bond acceptors (Lipinski definition) is 2. The van der Waals surface area contributed by atoms with Crippen molar-refractivity contribution in [1.29, 1.82) is 0 Å². The molecule has 4 nitrogen and oxygen atoms in total.